The standard InChI is InChI=1S/C29H35N7O/c37-26-8-2-6-25-7-3-13-36(25)28-10-9-23(19-31-28)27-11-12-30-29(33-27)32-24-5-1-4-22(18-24)20-34-14-16-35(21-26)17-15-34/h1,4-5,9-12,18-19,25H,2-3,6-8,13-17,20-21H2,(H,30,32,33). The van der Waals surface area contributed by atoms with Gasteiger partial charge in [-0.1, -0.05) is 12.1 Å². The average Bonchev–Trinajstić information content (AvgIpc) is 3.38. The number of rotatable bonds is 0. The van der Waals surface area contributed by atoms with Crippen LogP contribution in [0.1, 0.15) is 37.7 Å². The van der Waals surface area contributed by atoms with Crippen LogP contribution in [-0.2, 0) is 11.3 Å². The molecule has 6 aliphatic heterocycles. The highest BCUT2D eigenvalue weighted by Crippen LogP contribution is 2.29. The van der Waals surface area contributed by atoms with Crippen LogP contribution in [0, 0.1) is 0 Å². The van der Waals surface area contributed by atoms with Crippen molar-refractivity contribution in [1.82, 2.24) is 24.8 Å². The Kier molecular flexibility index (Phi) is 7.10. The molecular formula is C29H35N7O. The van der Waals surface area contributed by atoms with E-state index in [1.54, 1.807) is 6.20 Å². The molecule has 37 heavy (non-hydrogen) atoms. The lowest BCUT2D eigenvalue weighted by atomic mass is 10.0. The molecule has 2 aromatic heterocycles. The molecule has 6 aliphatic rings. The fourth-order valence-corrected chi connectivity index (χ4v) is 5.83. The Morgan fingerprint density at radius 3 is 2.54 bits per heavy atom. The summed E-state index contributed by atoms with van der Waals surface area (Å²) < 4.78 is 0. The van der Waals surface area contributed by atoms with Gasteiger partial charge in [0.05, 0.1) is 12.2 Å². The first-order chi connectivity index (χ1) is 18.2. The van der Waals surface area contributed by atoms with E-state index < -0.39 is 0 Å². The summed E-state index contributed by atoms with van der Waals surface area (Å²) in [6, 6.07) is 15.0. The third-order valence-corrected chi connectivity index (χ3v) is 7.82. The summed E-state index contributed by atoms with van der Waals surface area (Å²) in [5.41, 5.74) is 4.05. The van der Waals surface area contributed by atoms with Gasteiger partial charge in [-0.05, 0) is 61.6 Å². The fourth-order valence-electron chi connectivity index (χ4n) is 5.83. The molecule has 0 aliphatic carbocycles. The fraction of sp³-hybridized carbons (Fsp3) is 0.448. The number of aromatic nitrogens is 3. The van der Waals surface area contributed by atoms with Gasteiger partial charge in [0.15, 0.2) is 0 Å². The molecular weight excluding hydrogens is 462 g/mol. The van der Waals surface area contributed by atoms with Crippen LogP contribution in [0.25, 0.3) is 11.3 Å². The summed E-state index contributed by atoms with van der Waals surface area (Å²) in [5.74, 6) is 1.97. The Labute approximate surface area is 218 Å². The minimum Gasteiger partial charge on any atom is -0.354 e. The monoisotopic (exact) mass is 497 g/mol. The number of carbonyl (C=O) groups is 1. The van der Waals surface area contributed by atoms with Crippen LogP contribution in [0.15, 0.2) is 54.9 Å². The maximum Gasteiger partial charge on any atom is 0.227 e. The molecule has 1 aromatic carbocycles. The van der Waals surface area contributed by atoms with Crippen molar-refractivity contribution in [2.75, 3.05) is 49.5 Å². The molecule has 1 unspecified atom stereocenters. The topological polar surface area (TPSA) is 77.5 Å². The smallest absolute Gasteiger partial charge is 0.227 e. The van der Waals surface area contributed by atoms with Gasteiger partial charge in [-0.15, -0.1) is 0 Å². The third kappa shape index (κ3) is 5.81. The molecule has 1 N–H and O–H groups in total. The van der Waals surface area contributed by atoms with Crippen LogP contribution in [0.2, 0.25) is 0 Å². The molecule has 1 atom stereocenters. The number of hydrogen-bond donors (Lipinski definition) is 1. The number of nitrogens with one attached hydrogen (secondary N) is 1. The number of carbonyl (C=O) groups excluding carboxylic acids is 1. The Hall–Kier alpha value is -3.36. The summed E-state index contributed by atoms with van der Waals surface area (Å²) >= 11 is 0. The van der Waals surface area contributed by atoms with Gasteiger partial charge in [-0.3, -0.25) is 14.6 Å². The molecule has 192 valence electrons. The Morgan fingerprint density at radius 1 is 0.865 bits per heavy atom. The minimum absolute atomic E-state index is 0.375. The van der Waals surface area contributed by atoms with E-state index in [9.17, 15) is 4.79 Å². The third-order valence-electron chi connectivity index (χ3n) is 7.82. The number of ketones is 1. The Morgan fingerprint density at radius 2 is 1.70 bits per heavy atom. The Balaban J connectivity index is 1.26. The number of hydrogen-bond acceptors (Lipinski definition) is 8. The molecule has 2 fully saturated rings. The van der Waals surface area contributed by atoms with E-state index in [1.165, 1.54) is 18.4 Å². The van der Waals surface area contributed by atoms with Gasteiger partial charge in [0.1, 0.15) is 11.6 Å². The van der Waals surface area contributed by atoms with E-state index in [1.807, 2.05) is 18.3 Å². The van der Waals surface area contributed by atoms with Crippen LogP contribution in [0.5, 0.6) is 0 Å². The van der Waals surface area contributed by atoms with Crippen LogP contribution in [0.4, 0.5) is 17.5 Å². The second-order valence-corrected chi connectivity index (χ2v) is 10.5. The lowest BCUT2D eigenvalue weighted by Gasteiger charge is -2.34. The van der Waals surface area contributed by atoms with Crippen molar-refractivity contribution in [3.05, 3.63) is 60.4 Å². The number of nitrogens with zero attached hydrogens (tertiary/aromatic N) is 6. The second kappa shape index (κ2) is 10.9. The largest absolute Gasteiger partial charge is 0.354 e. The van der Waals surface area contributed by atoms with E-state index in [0.717, 1.165) is 74.9 Å². The van der Waals surface area contributed by atoms with Gasteiger partial charge in [0.2, 0.25) is 5.95 Å². The SMILES string of the molecule is O=C1CCCC2CCCN2c2ccc(cn2)-c2ccnc(n2)Nc2cccc(c2)CN2CCN(CC2)C1. The quantitative estimate of drug-likeness (QED) is 0.497. The first-order valence-corrected chi connectivity index (χ1v) is 13.6. The van der Waals surface area contributed by atoms with Gasteiger partial charge in [-0.2, -0.15) is 0 Å². The van der Waals surface area contributed by atoms with Gasteiger partial charge in [0.25, 0.3) is 0 Å². The normalized spacial score (nSPS) is 24.5. The predicted molar refractivity (Wildman–Crippen MR) is 146 cm³/mol. The molecule has 0 spiro atoms. The lowest BCUT2D eigenvalue weighted by Crippen LogP contribution is -2.47. The molecule has 3 aromatic rings. The highest BCUT2D eigenvalue weighted by atomic mass is 16.1. The predicted octanol–water partition coefficient (Wildman–Crippen LogP) is 4.12. The molecule has 2 saturated heterocycles. The maximum atomic E-state index is 12.7. The van der Waals surface area contributed by atoms with Crippen molar-refractivity contribution in [2.24, 2.45) is 0 Å². The molecule has 8 heteroatoms. The Bertz CT molecular complexity index is 1220. The minimum atomic E-state index is 0.375. The molecule has 8 bridgehead atoms. The first-order valence-electron chi connectivity index (χ1n) is 13.6. The van der Waals surface area contributed by atoms with E-state index >= 15 is 0 Å². The summed E-state index contributed by atoms with van der Waals surface area (Å²) in [5, 5.41) is 3.38. The molecule has 0 saturated carbocycles. The zero-order valence-electron chi connectivity index (χ0n) is 21.4. The number of piperazine rings is 1. The van der Waals surface area contributed by atoms with Crippen LogP contribution >= 0.6 is 0 Å². The highest BCUT2D eigenvalue weighted by molar-refractivity contribution is 5.80. The maximum absolute atomic E-state index is 12.7. The van der Waals surface area contributed by atoms with E-state index in [2.05, 4.69) is 55.3 Å². The highest BCUT2D eigenvalue weighted by Gasteiger charge is 2.26. The van der Waals surface area contributed by atoms with Crippen molar-refractivity contribution in [1.29, 1.82) is 0 Å². The number of pyridine rings is 1. The number of anilines is 3. The summed E-state index contributed by atoms with van der Waals surface area (Å²) in [7, 11) is 0. The van der Waals surface area contributed by atoms with Gasteiger partial charge in [-0.25, -0.2) is 15.0 Å². The van der Waals surface area contributed by atoms with E-state index in [0.29, 0.717) is 30.7 Å². The van der Waals surface area contributed by atoms with Crippen molar-refractivity contribution in [3.8, 4) is 11.3 Å². The van der Waals surface area contributed by atoms with Crippen molar-refractivity contribution in [3.63, 3.8) is 0 Å². The summed E-state index contributed by atoms with van der Waals surface area (Å²) in [4.78, 5) is 34.0. The zero-order chi connectivity index (χ0) is 25.0. The summed E-state index contributed by atoms with van der Waals surface area (Å²) in [6.45, 7) is 6.37. The van der Waals surface area contributed by atoms with E-state index in [4.69, 9.17) is 9.97 Å². The van der Waals surface area contributed by atoms with Crippen LogP contribution in [0.3, 0.4) is 0 Å². The van der Waals surface area contributed by atoms with Gasteiger partial charge >= 0.3 is 0 Å². The van der Waals surface area contributed by atoms with E-state index in [-0.39, 0.29) is 0 Å². The average molecular weight is 498 g/mol. The first kappa shape index (κ1) is 24.0. The summed E-state index contributed by atoms with van der Waals surface area (Å²) in [6.07, 6.45) is 8.71. The number of Topliss-reactive ketones (excluding diaryl/α,β-unsaturated/α-hetero) is 1. The molecule has 0 amide bonds. The van der Waals surface area contributed by atoms with Crippen molar-refractivity contribution < 1.29 is 4.79 Å². The molecule has 8 heterocycles. The molecule has 9 rings (SSSR count). The lowest BCUT2D eigenvalue weighted by molar-refractivity contribution is -0.120. The van der Waals surface area contributed by atoms with Crippen LogP contribution < -0.4 is 10.2 Å². The molecule has 0 radical (unpaired) electrons. The second-order valence-electron chi connectivity index (χ2n) is 10.5. The zero-order valence-corrected chi connectivity index (χ0v) is 21.4. The van der Waals surface area contributed by atoms with Crippen LogP contribution in [-0.4, -0.2) is 75.8 Å². The van der Waals surface area contributed by atoms with Crippen molar-refractivity contribution in [2.45, 2.75) is 44.7 Å². The molecule has 8 nitrogen and oxygen atoms in total. The van der Waals surface area contributed by atoms with Gasteiger partial charge in [0, 0.05) is 75.4 Å². The van der Waals surface area contributed by atoms with Crippen molar-refractivity contribution >= 4 is 23.2 Å². The number of benzene rings is 1. The van der Waals surface area contributed by atoms with Gasteiger partial charge < -0.3 is 10.2 Å².